The second-order valence-corrected chi connectivity index (χ2v) is 6.44. The first-order chi connectivity index (χ1) is 12.0. The molecule has 1 heterocycles. The van der Waals surface area contributed by atoms with Gasteiger partial charge in [0.15, 0.2) is 0 Å². The molecule has 0 saturated carbocycles. The molecule has 0 aliphatic rings. The van der Waals surface area contributed by atoms with Crippen LogP contribution in [0.4, 0.5) is 4.39 Å². The predicted octanol–water partition coefficient (Wildman–Crippen LogP) is 2.42. The minimum Gasteiger partial charge on any atom is -0.368 e. The molecular weight excluding hydrogens is 323 g/mol. The lowest BCUT2D eigenvalue weighted by atomic mass is 10.0. The standard InChI is InChI=1S/C18H25FN4O2/c1-12(2)15(17(20)24)21-18(25)16-13-8-4-5-9-14(13)22-23(16)11-7-3-6-10-19/h4-5,8-9,12,15H,3,6-7,10-11H2,1-2H3,(H2,20,24)(H,21,25)/t15-/m0/s1. The van der Waals surface area contributed by atoms with Gasteiger partial charge in [0.05, 0.1) is 12.2 Å². The Morgan fingerprint density at radius 2 is 1.96 bits per heavy atom. The highest BCUT2D eigenvalue weighted by Gasteiger charge is 2.25. The lowest BCUT2D eigenvalue weighted by Gasteiger charge is -2.19. The molecule has 0 fully saturated rings. The molecule has 2 aromatic rings. The van der Waals surface area contributed by atoms with E-state index in [2.05, 4.69) is 10.4 Å². The molecule has 2 rings (SSSR count). The molecule has 3 N–H and O–H groups in total. The van der Waals surface area contributed by atoms with E-state index < -0.39 is 11.9 Å². The summed E-state index contributed by atoms with van der Waals surface area (Å²) in [5.74, 6) is -1.06. The van der Waals surface area contributed by atoms with Crippen molar-refractivity contribution < 1.29 is 14.0 Å². The molecule has 2 amide bonds. The Kier molecular flexibility index (Phi) is 6.50. The summed E-state index contributed by atoms with van der Waals surface area (Å²) in [6.45, 7) is 3.81. The summed E-state index contributed by atoms with van der Waals surface area (Å²) in [5.41, 5.74) is 6.50. The van der Waals surface area contributed by atoms with Gasteiger partial charge in [-0.3, -0.25) is 18.7 Å². The average molecular weight is 348 g/mol. The number of aromatic nitrogens is 2. The maximum Gasteiger partial charge on any atom is 0.270 e. The van der Waals surface area contributed by atoms with E-state index in [1.807, 2.05) is 38.1 Å². The van der Waals surface area contributed by atoms with Crippen molar-refractivity contribution in [3.8, 4) is 0 Å². The molecule has 0 unspecified atom stereocenters. The summed E-state index contributed by atoms with van der Waals surface area (Å²) in [4.78, 5) is 24.4. The third-order valence-electron chi connectivity index (χ3n) is 4.12. The number of carbonyl (C=O) groups excluding carboxylic acids is 2. The fourth-order valence-electron chi connectivity index (χ4n) is 2.79. The van der Waals surface area contributed by atoms with Gasteiger partial charge in [-0.05, 0) is 31.2 Å². The van der Waals surface area contributed by atoms with E-state index in [1.54, 1.807) is 4.68 Å². The van der Waals surface area contributed by atoms with Crippen molar-refractivity contribution in [3.63, 3.8) is 0 Å². The number of carbonyl (C=O) groups is 2. The molecule has 0 saturated heterocycles. The minimum absolute atomic E-state index is 0.117. The van der Waals surface area contributed by atoms with Crippen LogP contribution in [0.5, 0.6) is 0 Å². The molecular formula is C18H25FN4O2. The van der Waals surface area contributed by atoms with Crippen LogP contribution in [0.15, 0.2) is 24.3 Å². The molecule has 0 bridgehead atoms. The van der Waals surface area contributed by atoms with Gasteiger partial charge in [0.2, 0.25) is 5.91 Å². The number of nitrogens with one attached hydrogen (secondary N) is 1. The van der Waals surface area contributed by atoms with Crippen molar-refractivity contribution in [2.24, 2.45) is 11.7 Å². The Hall–Kier alpha value is -2.44. The van der Waals surface area contributed by atoms with Crippen LogP contribution >= 0.6 is 0 Å². The fourth-order valence-corrected chi connectivity index (χ4v) is 2.79. The van der Waals surface area contributed by atoms with E-state index in [4.69, 9.17) is 5.73 Å². The molecule has 136 valence electrons. The number of halogens is 1. The Balaban J connectivity index is 2.30. The van der Waals surface area contributed by atoms with Gasteiger partial charge in [0, 0.05) is 11.9 Å². The van der Waals surface area contributed by atoms with Crippen LogP contribution < -0.4 is 11.1 Å². The third-order valence-corrected chi connectivity index (χ3v) is 4.12. The van der Waals surface area contributed by atoms with Crippen LogP contribution in [-0.4, -0.2) is 34.3 Å². The van der Waals surface area contributed by atoms with Gasteiger partial charge >= 0.3 is 0 Å². The summed E-state index contributed by atoms with van der Waals surface area (Å²) >= 11 is 0. The van der Waals surface area contributed by atoms with Crippen molar-refractivity contribution in [3.05, 3.63) is 30.0 Å². The summed E-state index contributed by atoms with van der Waals surface area (Å²) in [7, 11) is 0. The number of nitrogens with two attached hydrogens (primary N) is 1. The van der Waals surface area contributed by atoms with E-state index in [1.165, 1.54) is 0 Å². The average Bonchev–Trinajstić information content (AvgIpc) is 2.94. The molecule has 0 aliphatic carbocycles. The van der Waals surface area contributed by atoms with E-state index in [-0.39, 0.29) is 18.5 Å². The van der Waals surface area contributed by atoms with Crippen molar-refractivity contribution in [1.82, 2.24) is 15.1 Å². The summed E-state index contributed by atoms with van der Waals surface area (Å²) in [6, 6.07) is 6.59. The molecule has 1 atom stereocenters. The Morgan fingerprint density at radius 3 is 2.60 bits per heavy atom. The van der Waals surface area contributed by atoms with Gasteiger partial charge in [0.1, 0.15) is 11.7 Å². The summed E-state index contributed by atoms with van der Waals surface area (Å²) < 4.78 is 13.9. The quantitative estimate of drug-likeness (QED) is 0.682. The second kappa shape index (κ2) is 8.60. The van der Waals surface area contributed by atoms with Crippen molar-refractivity contribution in [2.45, 2.75) is 45.7 Å². The topological polar surface area (TPSA) is 90.0 Å². The zero-order valence-corrected chi connectivity index (χ0v) is 14.7. The van der Waals surface area contributed by atoms with Crippen LogP contribution in [0, 0.1) is 5.92 Å². The van der Waals surface area contributed by atoms with Crippen LogP contribution in [0.3, 0.4) is 0 Å². The molecule has 1 aromatic heterocycles. The van der Waals surface area contributed by atoms with Gasteiger partial charge in [-0.25, -0.2) is 0 Å². The predicted molar refractivity (Wildman–Crippen MR) is 94.8 cm³/mol. The van der Waals surface area contributed by atoms with E-state index >= 15 is 0 Å². The maximum atomic E-state index is 12.8. The first-order valence-electron chi connectivity index (χ1n) is 8.57. The molecule has 25 heavy (non-hydrogen) atoms. The summed E-state index contributed by atoms with van der Waals surface area (Å²) in [6.07, 6.45) is 1.95. The van der Waals surface area contributed by atoms with Gasteiger partial charge in [-0.15, -0.1) is 0 Å². The highest BCUT2D eigenvalue weighted by atomic mass is 19.1. The maximum absolute atomic E-state index is 12.8. The highest BCUT2D eigenvalue weighted by molar-refractivity contribution is 6.06. The van der Waals surface area contributed by atoms with Gasteiger partial charge in [-0.1, -0.05) is 32.0 Å². The number of alkyl halides is 1. The first-order valence-corrected chi connectivity index (χ1v) is 8.57. The van der Waals surface area contributed by atoms with Crippen LogP contribution in [0.1, 0.15) is 43.6 Å². The van der Waals surface area contributed by atoms with Gasteiger partial charge in [-0.2, -0.15) is 5.10 Å². The van der Waals surface area contributed by atoms with Crippen molar-refractivity contribution in [2.75, 3.05) is 6.67 Å². The van der Waals surface area contributed by atoms with Crippen molar-refractivity contribution >= 4 is 22.7 Å². The Labute approximate surface area is 146 Å². The van der Waals surface area contributed by atoms with Crippen LogP contribution in [0.2, 0.25) is 0 Å². The van der Waals surface area contributed by atoms with E-state index in [0.29, 0.717) is 24.2 Å². The Bertz CT molecular complexity index is 742. The number of benzene rings is 1. The SMILES string of the molecule is CC(C)[C@H](NC(=O)c1c2ccccc2nn1CCCCCF)C(N)=O. The second-order valence-electron chi connectivity index (χ2n) is 6.44. The minimum atomic E-state index is -0.749. The number of fused-ring (bicyclic) bond motifs is 1. The number of rotatable bonds is 9. The number of nitrogens with zero attached hydrogens (tertiary/aromatic N) is 2. The molecule has 0 radical (unpaired) electrons. The van der Waals surface area contributed by atoms with E-state index in [0.717, 1.165) is 18.2 Å². The van der Waals surface area contributed by atoms with Gasteiger partial charge in [0.25, 0.3) is 5.91 Å². The first kappa shape index (κ1) is 18.9. The zero-order chi connectivity index (χ0) is 18.4. The Morgan fingerprint density at radius 1 is 1.24 bits per heavy atom. The summed E-state index contributed by atoms with van der Waals surface area (Å²) in [5, 5.41) is 7.91. The lowest BCUT2D eigenvalue weighted by molar-refractivity contribution is -0.120. The largest absolute Gasteiger partial charge is 0.368 e. The van der Waals surface area contributed by atoms with Crippen LogP contribution in [-0.2, 0) is 11.3 Å². The number of aryl methyl sites for hydroxylation is 1. The monoisotopic (exact) mass is 348 g/mol. The molecule has 0 spiro atoms. The number of amides is 2. The normalized spacial score (nSPS) is 12.5. The zero-order valence-electron chi connectivity index (χ0n) is 14.7. The van der Waals surface area contributed by atoms with Crippen LogP contribution in [0.25, 0.3) is 10.9 Å². The molecule has 6 nitrogen and oxygen atoms in total. The molecule has 0 aliphatic heterocycles. The lowest BCUT2D eigenvalue weighted by Crippen LogP contribution is -2.48. The van der Waals surface area contributed by atoms with E-state index in [9.17, 15) is 14.0 Å². The third kappa shape index (κ3) is 4.55. The molecule has 7 heteroatoms. The fraction of sp³-hybridized carbons (Fsp3) is 0.500. The smallest absolute Gasteiger partial charge is 0.270 e. The number of hydrogen-bond donors (Lipinski definition) is 2. The van der Waals surface area contributed by atoms with Gasteiger partial charge < -0.3 is 11.1 Å². The number of primary amides is 1. The highest BCUT2D eigenvalue weighted by Crippen LogP contribution is 2.19. The number of hydrogen-bond acceptors (Lipinski definition) is 3. The van der Waals surface area contributed by atoms with Crippen molar-refractivity contribution in [1.29, 1.82) is 0 Å². The molecule has 1 aromatic carbocycles. The number of unbranched alkanes of at least 4 members (excludes halogenated alkanes) is 2.